The van der Waals surface area contributed by atoms with Crippen molar-refractivity contribution in [3.8, 4) is 11.5 Å². The Morgan fingerprint density at radius 1 is 1.44 bits per heavy atom. The largest absolute Gasteiger partial charge is 0.469 e. The van der Waals surface area contributed by atoms with E-state index in [2.05, 4.69) is 10.2 Å². The first-order valence-corrected chi connectivity index (χ1v) is 5.79. The second-order valence-corrected chi connectivity index (χ2v) is 4.15. The topological polar surface area (TPSA) is 61.3 Å². The molecule has 0 atom stereocenters. The fraction of sp³-hybridized carbons (Fsp3) is 0.400. The molecule has 0 aliphatic carbocycles. The second-order valence-electron chi connectivity index (χ2n) is 3.10. The van der Waals surface area contributed by atoms with Gasteiger partial charge in [-0.2, -0.15) is 0 Å². The molecule has 0 bridgehead atoms. The summed E-state index contributed by atoms with van der Waals surface area (Å²) in [4.78, 5) is 0. The molecule has 0 spiro atoms. The van der Waals surface area contributed by atoms with Crippen molar-refractivity contribution < 1.29 is 13.6 Å². The number of methoxy groups -OCH3 is 1. The molecule has 0 saturated heterocycles. The third kappa shape index (κ3) is 2.45. The lowest BCUT2D eigenvalue weighted by atomic mass is 10.3. The van der Waals surface area contributed by atoms with Gasteiger partial charge < -0.3 is 13.6 Å². The molecule has 86 valence electrons. The van der Waals surface area contributed by atoms with Gasteiger partial charge in [0.15, 0.2) is 0 Å². The van der Waals surface area contributed by atoms with Crippen LogP contribution in [0.5, 0.6) is 0 Å². The average molecular weight is 240 g/mol. The molecule has 0 saturated carbocycles. The van der Waals surface area contributed by atoms with Gasteiger partial charge in [0.25, 0.3) is 11.1 Å². The molecule has 0 aromatic carbocycles. The van der Waals surface area contributed by atoms with Crippen LogP contribution in [-0.4, -0.2) is 29.7 Å². The van der Waals surface area contributed by atoms with Gasteiger partial charge in [-0.15, -0.1) is 10.2 Å². The number of aryl methyl sites for hydroxylation is 1. The summed E-state index contributed by atoms with van der Waals surface area (Å²) in [7, 11) is 1.66. The molecule has 6 heteroatoms. The molecule has 0 fully saturated rings. The fourth-order valence-corrected chi connectivity index (χ4v) is 1.86. The van der Waals surface area contributed by atoms with Crippen LogP contribution in [0.25, 0.3) is 11.5 Å². The Morgan fingerprint density at radius 2 is 2.31 bits per heavy atom. The molecule has 2 rings (SSSR count). The number of rotatable bonds is 5. The molecule has 16 heavy (non-hydrogen) atoms. The van der Waals surface area contributed by atoms with E-state index in [1.807, 2.05) is 13.0 Å². The Hall–Kier alpha value is -1.27. The van der Waals surface area contributed by atoms with Crippen LogP contribution in [0.2, 0.25) is 0 Å². The molecule has 2 heterocycles. The molecule has 2 aromatic rings. The van der Waals surface area contributed by atoms with E-state index in [9.17, 15) is 0 Å². The fourth-order valence-electron chi connectivity index (χ4n) is 1.20. The predicted molar refractivity (Wildman–Crippen MR) is 59.3 cm³/mol. The lowest BCUT2D eigenvalue weighted by molar-refractivity contribution is 0.218. The maximum atomic E-state index is 5.48. The van der Waals surface area contributed by atoms with Gasteiger partial charge in [0.05, 0.1) is 18.4 Å². The first-order valence-electron chi connectivity index (χ1n) is 4.81. The molecule has 0 N–H and O–H groups in total. The van der Waals surface area contributed by atoms with Crippen LogP contribution in [0.15, 0.2) is 26.4 Å². The third-order valence-corrected chi connectivity index (χ3v) is 2.79. The first-order chi connectivity index (χ1) is 7.81. The molecular weight excluding hydrogens is 228 g/mol. The molecule has 5 nitrogen and oxygen atoms in total. The Kier molecular flexibility index (Phi) is 3.63. The van der Waals surface area contributed by atoms with E-state index in [1.165, 1.54) is 11.8 Å². The highest BCUT2D eigenvalue weighted by Crippen LogP contribution is 2.25. The molecule has 0 aliphatic rings. The van der Waals surface area contributed by atoms with Gasteiger partial charge in [-0.3, -0.25) is 0 Å². The number of aromatic nitrogens is 2. The highest BCUT2D eigenvalue weighted by Gasteiger charge is 2.12. The monoisotopic (exact) mass is 240 g/mol. The van der Waals surface area contributed by atoms with Crippen molar-refractivity contribution in [2.75, 3.05) is 19.5 Å². The van der Waals surface area contributed by atoms with E-state index in [0.29, 0.717) is 17.7 Å². The summed E-state index contributed by atoms with van der Waals surface area (Å²) in [5, 5.41) is 8.44. The van der Waals surface area contributed by atoms with Crippen LogP contribution < -0.4 is 0 Å². The van der Waals surface area contributed by atoms with Crippen LogP contribution in [0.1, 0.15) is 5.76 Å². The summed E-state index contributed by atoms with van der Waals surface area (Å²) < 4.78 is 15.6. The number of thioether (sulfide) groups is 1. The average Bonchev–Trinajstić information content (AvgIpc) is 2.87. The van der Waals surface area contributed by atoms with Gasteiger partial charge >= 0.3 is 0 Å². The van der Waals surface area contributed by atoms with Gasteiger partial charge in [0.2, 0.25) is 0 Å². The van der Waals surface area contributed by atoms with Crippen molar-refractivity contribution in [1.29, 1.82) is 0 Å². The van der Waals surface area contributed by atoms with Crippen molar-refractivity contribution in [2.45, 2.75) is 12.1 Å². The smallest absolute Gasteiger partial charge is 0.276 e. The summed E-state index contributed by atoms with van der Waals surface area (Å²) in [5.41, 5.74) is 0.839. The lowest BCUT2D eigenvalue weighted by Gasteiger charge is -1.93. The quantitative estimate of drug-likeness (QED) is 0.590. The zero-order chi connectivity index (χ0) is 11.4. The number of ether oxygens (including phenoxy) is 1. The summed E-state index contributed by atoms with van der Waals surface area (Å²) in [5.74, 6) is 2.06. The van der Waals surface area contributed by atoms with Crippen LogP contribution >= 0.6 is 11.8 Å². The van der Waals surface area contributed by atoms with Gasteiger partial charge in [0.1, 0.15) is 5.76 Å². The maximum absolute atomic E-state index is 5.48. The molecule has 0 amide bonds. The second kappa shape index (κ2) is 5.18. The number of hydrogen-bond donors (Lipinski definition) is 0. The van der Waals surface area contributed by atoms with E-state index < -0.39 is 0 Å². The van der Waals surface area contributed by atoms with E-state index in [-0.39, 0.29) is 0 Å². The number of hydrogen-bond acceptors (Lipinski definition) is 6. The molecule has 0 unspecified atom stereocenters. The Bertz CT molecular complexity index is 452. The van der Waals surface area contributed by atoms with Crippen LogP contribution in [0.4, 0.5) is 0 Å². The van der Waals surface area contributed by atoms with E-state index >= 15 is 0 Å². The highest BCUT2D eigenvalue weighted by atomic mass is 32.2. The van der Waals surface area contributed by atoms with Gasteiger partial charge in [-0.05, 0) is 13.0 Å². The van der Waals surface area contributed by atoms with E-state index in [1.54, 1.807) is 13.4 Å². The normalized spacial score (nSPS) is 10.9. The summed E-state index contributed by atoms with van der Waals surface area (Å²) in [6.45, 7) is 2.52. The zero-order valence-corrected chi connectivity index (χ0v) is 9.91. The Balaban J connectivity index is 2.05. The Labute approximate surface area is 97.2 Å². The minimum atomic E-state index is 0.492. The van der Waals surface area contributed by atoms with Gasteiger partial charge in [-0.25, -0.2) is 0 Å². The predicted octanol–water partition coefficient (Wildman–Crippen LogP) is 2.38. The molecule has 0 aliphatic heterocycles. The SMILES string of the molecule is COCCSc1nnc(-c2ccoc2C)o1. The van der Waals surface area contributed by atoms with Crippen molar-refractivity contribution in [3.05, 3.63) is 18.1 Å². The summed E-state index contributed by atoms with van der Waals surface area (Å²) in [6, 6.07) is 1.81. The maximum Gasteiger partial charge on any atom is 0.276 e. The molecule has 0 radical (unpaired) electrons. The first kappa shape index (κ1) is 11.2. The van der Waals surface area contributed by atoms with Crippen LogP contribution in [0, 0.1) is 6.92 Å². The standard InChI is InChI=1S/C10H12N2O3S/c1-7-8(3-4-14-7)9-11-12-10(15-9)16-6-5-13-2/h3-4H,5-6H2,1-2H3. The highest BCUT2D eigenvalue weighted by molar-refractivity contribution is 7.99. The lowest BCUT2D eigenvalue weighted by Crippen LogP contribution is -1.90. The zero-order valence-electron chi connectivity index (χ0n) is 9.10. The Morgan fingerprint density at radius 3 is 3.00 bits per heavy atom. The van der Waals surface area contributed by atoms with Crippen LogP contribution in [0.3, 0.4) is 0 Å². The van der Waals surface area contributed by atoms with Gasteiger partial charge in [0, 0.05) is 12.9 Å². The number of furan rings is 1. The van der Waals surface area contributed by atoms with Crippen molar-refractivity contribution in [1.82, 2.24) is 10.2 Å². The van der Waals surface area contributed by atoms with Crippen molar-refractivity contribution in [2.24, 2.45) is 0 Å². The van der Waals surface area contributed by atoms with E-state index in [0.717, 1.165) is 17.1 Å². The van der Waals surface area contributed by atoms with E-state index in [4.69, 9.17) is 13.6 Å². The molecule has 2 aromatic heterocycles. The molecular formula is C10H12N2O3S. The van der Waals surface area contributed by atoms with Crippen molar-refractivity contribution >= 4 is 11.8 Å². The van der Waals surface area contributed by atoms with Crippen LogP contribution in [-0.2, 0) is 4.74 Å². The summed E-state index contributed by atoms with van der Waals surface area (Å²) in [6.07, 6.45) is 1.60. The minimum absolute atomic E-state index is 0.492. The van der Waals surface area contributed by atoms with Crippen molar-refractivity contribution in [3.63, 3.8) is 0 Å². The summed E-state index contributed by atoms with van der Waals surface area (Å²) >= 11 is 1.47. The minimum Gasteiger partial charge on any atom is -0.469 e. The third-order valence-electron chi connectivity index (χ3n) is 2.01. The number of nitrogens with zero attached hydrogens (tertiary/aromatic N) is 2. The van der Waals surface area contributed by atoms with Gasteiger partial charge in [-0.1, -0.05) is 11.8 Å².